The molecule has 0 radical (unpaired) electrons. The van der Waals surface area contributed by atoms with Crippen LogP contribution in [0.4, 0.5) is 0 Å². The third kappa shape index (κ3) is 2.52. The Hall–Kier alpha value is -0.940. The van der Waals surface area contributed by atoms with Crippen LogP contribution in [0.1, 0.15) is 19.2 Å². The first kappa shape index (κ1) is 11.1. The second kappa shape index (κ2) is 5.07. The van der Waals surface area contributed by atoms with Crippen molar-refractivity contribution in [3.8, 4) is 0 Å². The maximum Gasteiger partial charge on any atom is 0.138 e. The van der Waals surface area contributed by atoms with E-state index in [1.165, 1.54) is 6.33 Å². The number of hydrogen-bond acceptors (Lipinski definition) is 4. The van der Waals surface area contributed by atoms with Crippen LogP contribution in [0, 0.1) is 0 Å². The number of aliphatic hydroxyl groups is 1. The van der Waals surface area contributed by atoms with Gasteiger partial charge in [0.2, 0.25) is 0 Å². The molecule has 0 aliphatic heterocycles. The smallest absolute Gasteiger partial charge is 0.138 e. The molecule has 1 N–H and O–H groups in total. The van der Waals surface area contributed by atoms with Crippen LogP contribution in [0.3, 0.4) is 0 Å². The Balaban J connectivity index is 2.56. The zero-order valence-corrected chi connectivity index (χ0v) is 8.84. The normalized spacial score (nSPS) is 15.4. The number of ether oxygens (including phenoxy) is 1. The fourth-order valence-corrected chi connectivity index (χ4v) is 1.42. The number of hydrogen-bond donors (Lipinski definition) is 1. The minimum atomic E-state index is -0.520. The first-order valence-corrected chi connectivity index (χ1v) is 4.72. The van der Waals surface area contributed by atoms with Gasteiger partial charge in [-0.2, -0.15) is 5.10 Å². The van der Waals surface area contributed by atoms with E-state index in [0.717, 1.165) is 12.2 Å². The van der Waals surface area contributed by atoms with Gasteiger partial charge in [-0.3, -0.25) is 4.68 Å². The van der Waals surface area contributed by atoms with Gasteiger partial charge in [-0.15, -0.1) is 0 Å². The largest absolute Gasteiger partial charge is 0.390 e. The first-order chi connectivity index (χ1) is 6.69. The summed E-state index contributed by atoms with van der Waals surface area (Å²) in [4.78, 5) is 4.04. The van der Waals surface area contributed by atoms with Crippen LogP contribution in [0.25, 0.3) is 0 Å². The van der Waals surface area contributed by atoms with Crippen LogP contribution < -0.4 is 0 Å². The van der Waals surface area contributed by atoms with E-state index in [2.05, 4.69) is 10.1 Å². The second-order valence-corrected chi connectivity index (χ2v) is 3.25. The lowest BCUT2D eigenvalue weighted by Gasteiger charge is -2.19. The number of rotatable bonds is 5. The number of aliphatic hydroxyl groups excluding tert-OH is 1. The molecule has 0 bridgehead atoms. The van der Waals surface area contributed by atoms with Crippen LogP contribution in [0.15, 0.2) is 6.33 Å². The highest BCUT2D eigenvalue weighted by molar-refractivity contribution is 4.88. The number of nitrogens with zero attached hydrogens (tertiary/aromatic N) is 3. The highest BCUT2D eigenvalue weighted by atomic mass is 16.5. The van der Waals surface area contributed by atoms with E-state index in [0.29, 0.717) is 6.42 Å². The van der Waals surface area contributed by atoms with Gasteiger partial charge in [-0.25, -0.2) is 4.98 Å². The molecule has 5 heteroatoms. The van der Waals surface area contributed by atoms with Gasteiger partial charge in [-0.05, 0) is 6.42 Å². The van der Waals surface area contributed by atoms with Gasteiger partial charge in [0.15, 0.2) is 0 Å². The van der Waals surface area contributed by atoms with E-state index >= 15 is 0 Å². The molecule has 0 aromatic carbocycles. The summed E-state index contributed by atoms with van der Waals surface area (Å²) in [5.41, 5.74) is 0. The van der Waals surface area contributed by atoms with Crippen LogP contribution in [0.2, 0.25) is 0 Å². The van der Waals surface area contributed by atoms with Crippen molar-refractivity contribution in [2.24, 2.45) is 7.05 Å². The summed E-state index contributed by atoms with van der Waals surface area (Å²) in [7, 11) is 3.41. The molecule has 1 aromatic heterocycles. The molecule has 0 saturated carbocycles. The summed E-state index contributed by atoms with van der Waals surface area (Å²) in [6, 6.07) is 0. The van der Waals surface area contributed by atoms with Crippen LogP contribution in [-0.2, 0) is 18.2 Å². The molecule has 0 amide bonds. The second-order valence-electron chi connectivity index (χ2n) is 3.25. The number of aromatic nitrogens is 3. The van der Waals surface area contributed by atoms with Crippen molar-refractivity contribution in [1.82, 2.24) is 14.8 Å². The molecule has 2 unspecified atom stereocenters. The molecular formula is C9H17N3O2. The van der Waals surface area contributed by atoms with E-state index < -0.39 is 6.10 Å². The zero-order valence-electron chi connectivity index (χ0n) is 8.84. The molecular weight excluding hydrogens is 182 g/mol. The highest BCUT2D eigenvalue weighted by Gasteiger charge is 2.18. The minimum absolute atomic E-state index is 0.133. The number of aryl methyl sites for hydroxylation is 1. The molecule has 0 aliphatic rings. The maximum absolute atomic E-state index is 9.80. The third-order valence-corrected chi connectivity index (χ3v) is 2.33. The Morgan fingerprint density at radius 1 is 1.64 bits per heavy atom. The van der Waals surface area contributed by atoms with Gasteiger partial charge in [-0.1, -0.05) is 6.92 Å². The lowest BCUT2D eigenvalue weighted by atomic mass is 10.1. The van der Waals surface area contributed by atoms with E-state index in [4.69, 9.17) is 4.74 Å². The van der Waals surface area contributed by atoms with Gasteiger partial charge in [0.05, 0.1) is 12.2 Å². The fraction of sp³-hybridized carbons (Fsp3) is 0.778. The van der Waals surface area contributed by atoms with Crippen LogP contribution >= 0.6 is 0 Å². The van der Waals surface area contributed by atoms with Crippen molar-refractivity contribution in [2.45, 2.75) is 32.0 Å². The predicted octanol–water partition coefficient (Wildman–Crippen LogP) is 0.143. The van der Waals surface area contributed by atoms with E-state index in [1.54, 1.807) is 11.8 Å². The van der Waals surface area contributed by atoms with Crippen LogP contribution in [-0.4, -0.2) is 39.2 Å². The third-order valence-electron chi connectivity index (χ3n) is 2.33. The average molecular weight is 199 g/mol. The van der Waals surface area contributed by atoms with Gasteiger partial charge >= 0.3 is 0 Å². The maximum atomic E-state index is 9.80. The molecule has 0 spiro atoms. The quantitative estimate of drug-likeness (QED) is 0.733. The lowest BCUT2D eigenvalue weighted by Crippen LogP contribution is -2.30. The summed E-state index contributed by atoms with van der Waals surface area (Å²) in [5, 5.41) is 13.7. The van der Waals surface area contributed by atoms with Crippen molar-refractivity contribution in [3.05, 3.63) is 12.2 Å². The summed E-state index contributed by atoms with van der Waals surface area (Å²) in [6.45, 7) is 1.98. The SMILES string of the molecule is CCC(OC)C(O)Cc1ncnn1C. The number of methoxy groups -OCH3 is 1. The molecule has 80 valence electrons. The van der Waals surface area contributed by atoms with Crippen molar-refractivity contribution in [3.63, 3.8) is 0 Å². The molecule has 1 heterocycles. The Kier molecular flexibility index (Phi) is 4.03. The van der Waals surface area contributed by atoms with Crippen molar-refractivity contribution >= 4 is 0 Å². The molecule has 5 nitrogen and oxygen atoms in total. The molecule has 1 rings (SSSR count). The monoisotopic (exact) mass is 199 g/mol. The Labute approximate surface area is 83.7 Å². The minimum Gasteiger partial charge on any atom is -0.390 e. The Bertz CT molecular complexity index is 271. The van der Waals surface area contributed by atoms with Crippen molar-refractivity contribution in [2.75, 3.05) is 7.11 Å². The van der Waals surface area contributed by atoms with Crippen LogP contribution in [0.5, 0.6) is 0 Å². The standard InChI is InChI=1S/C9H17N3O2/c1-4-8(14-3)7(13)5-9-10-6-11-12(9)2/h6-8,13H,4-5H2,1-3H3. The van der Waals surface area contributed by atoms with E-state index in [1.807, 2.05) is 14.0 Å². The summed E-state index contributed by atoms with van der Waals surface area (Å²) < 4.78 is 6.80. The topological polar surface area (TPSA) is 60.2 Å². The molecule has 0 aliphatic carbocycles. The summed E-state index contributed by atoms with van der Waals surface area (Å²) >= 11 is 0. The molecule has 1 aromatic rings. The van der Waals surface area contributed by atoms with Gasteiger partial charge in [0.1, 0.15) is 12.2 Å². The Morgan fingerprint density at radius 2 is 2.36 bits per heavy atom. The van der Waals surface area contributed by atoms with Gasteiger partial charge in [0.25, 0.3) is 0 Å². The van der Waals surface area contributed by atoms with E-state index in [-0.39, 0.29) is 6.10 Å². The fourth-order valence-electron chi connectivity index (χ4n) is 1.42. The Morgan fingerprint density at radius 3 is 2.79 bits per heavy atom. The molecule has 0 fully saturated rings. The molecule has 0 saturated heterocycles. The zero-order chi connectivity index (χ0) is 10.6. The lowest BCUT2D eigenvalue weighted by molar-refractivity contribution is -0.0140. The molecule has 14 heavy (non-hydrogen) atoms. The van der Waals surface area contributed by atoms with Gasteiger partial charge < -0.3 is 9.84 Å². The summed E-state index contributed by atoms with van der Waals surface area (Å²) in [6.07, 6.45) is 2.09. The summed E-state index contributed by atoms with van der Waals surface area (Å²) in [5.74, 6) is 0.771. The highest BCUT2D eigenvalue weighted by Crippen LogP contribution is 2.07. The predicted molar refractivity (Wildman–Crippen MR) is 51.8 cm³/mol. The van der Waals surface area contributed by atoms with Crippen molar-refractivity contribution < 1.29 is 9.84 Å². The average Bonchev–Trinajstić information content (AvgIpc) is 2.54. The van der Waals surface area contributed by atoms with E-state index in [9.17, 15) is 5.11 Å². The van der Waals surface area contributed by atoms with Gasteiger partial charge in [0, 0.05) is 20.6 Å². The molecule has 2 atom stereocenters. The van der Waals surface area contributed by atoms with Crippen molar-refractivity contribution in [1.29, 1.82) is 0 Å². The first-order valence-electron chi connectivity index (χ1n) is 4.72.